The van der Waals surface area contributed by atoms with Crippen molar-refractivity contribution in [3.8, 4) is 11.5 Å². The molecule has 0 aliphatic heterocycles. The molecular formula is C16H26N2O3. The Balaban J connectivity index is 2.77. The highest BCUT2D eigenvalue weighted by Gasteiger charge is 2.16. The van der Waals surface area contributed by atoms with E-state index in [2.05, 4.69) is 5.32 Å². The quantitative estimate of drug-likeness (QED) is 0.766. The van der Waals surface area contributed by atoms with Crippen molar-refractivity contribution in [3.05, 3.63) is 23.8 Å². The molecule has 0 aliphatic carbocycles. The van der Waals surface area contributed by atoms with Crippen LogP contribution >= 0.6 is 0 Å². The van der Waals surface area contributed by atoms with Crippen LogP contribution in [0.4, 0.5) is 0 Å². The molecule has 1 aromatic rings. The number of hydrogen-bond donors (Lipinski definition) is 2. The van der Waals surface area contributed by atoms with Crippen LogP contribution in [0.15, 0.2) is 18.2 Å². The maximum atomic E-state index is 12.0. The van der Waals surface area contributed by atoms with Gasteiger partial charge in [0.05, 0.1) is 7.11 Å². The molecule has 118 valence electrons. The summed E-state index contributed by atoms with van der Waals surface area (Å²) in [4.78, 5) is 12.0. The van der Waals surface area contributed by atoms with Crippen molar-refractivity contribution in [2.24, 2.45) is 11.7 Å². The number of amides is 1. The lowest BCUT2D eigenvalue weighted by molar-refractivity contribution is -0.127. The summed E-state index contributed by atoms with van der Waals surface area (Å²) in [6.45, 7) is 7.00. The van der Waals surface area contributed by atoms with Gasteiger partial charge in [-0.25, -0.2) is 0 Å². The summed E-state index contributed by atoms with van der Waals surface area (Å²) >= 11 is 0. The van der Waals surface area contributed by atoms with Crippen molar-refractivity contribution in [2.75, 3.05) is 20.2 Å². The minimum absolute atomic E-state index is 0.120. The first-order chi connectivity index (χ1) is 9.97. The van der Waals surface area contributed by atoms with Crippen LogP contribution in [-0.4, -0.2) is 32.2 Å². The van der Waals surface area contributed by atoms with E-state index in [-0.39, 0.29) is 5.91 Å². The molecule has 3 N–H and O–H groups in total. The molecular weight excluding hydrogens is 268 g/mol. The van der Waals surface area contributed by atoms with Crippen LogP contribution in [0.1, 0.15) is 26.3 Å². The zero-order valence-electron chi connectivity index (χ0n) is 13.3. The van der Waals surface area contributed by atoms with Gasteiger partial charge in [-0.05, 0) is 37.4 Å². The second kappa shape index (κ2) is 8.52. The van der Waals surface area contributed by atoms with Gasteiger partial charge in [-0.1, -0.05) is 19.9 Å². The SMILES string of the molecule is COc1ccc(CCN)c(OC(C)C(=O)NCC(C)C)c1. The van der Waals surface area contributed by atoms with Crippen LogP contribution in [-0.2, 0) is 11.2 Å². The molecule has 0 radical (unpaired) electrons. The van der Waals surface area contributed by atoms with Gasteiger partial charge in [0.25, 0.3) is 5.91 Å². The summed E-state index contributed by atoms with van der Waals surface area (Å²) in [6, 6.07) is 5.57. The number of carbonyl (C=O) groups excluding carboxylic acids is 1. The largest absolute Gasteiger partial charge is 0.497 e. The molecule has 1 amide bonds. The normalized spacial score (nSPS) is 12.1. The first-order valence-corrected chi connectivity index (χ1v) is 7.29. The fourth-order valence-corrected chi connectivity index (χ4v) is 1.83. The molecule has 1 rings (SSSR count). The Morgan fingerprint density at radius 3 is 2.62 bits per heavy atom. The average Bonchev–Trinajstić information content (AvgIpc) is 2.46. The molecule has 1 aromatic carbocycles. The standard InChI is InChI=1S/C16H26N2O3/c1-11(2)10-18-16(19)12(3)21-15-9-14(20-4)6-5-13(15)7-8-17/h5-6,9,11-12H,7-8,10,17H2,1-4H3,(H,18,19). The minimum Gasteiger partial charge on any atom is -0.497 e. The summed E-state index contributed by atoms with van der Waals surface area (Å²) in [6.07, 6.45) is 0.131. The van der Waals surface area contributed by atoms with Gasteiger partial charge in [-0.2, -0.15) is 0 Å². The summed E-state index contributed by atoms with van der Waals surface area (Å²) in [5.74, 6) is 1.63. The zero-order chi connectivity index (χ0) is 15.8. The lowest BCUT2D eigenvalue weighted by atomic mass is 10.1. The van der Waals surface area contributed by atoms with Crippen LogP contribution in [0.25, 0.3) is 0 Å². The Morgan fingerprint density at radius 1 is 1.33 bits per heavy atom. The third kappa shape index (κ3) is 5.63. The number of nitrogens with two attached hydrogens (primary N) is 1. The lowest BCUT2D eigenvalue weighted by Gasteiger charge is -2.18. The Bertz CT molecular complexity index is 461. The molecule has 5 heteroatoms. The van der Waals surface area contributed by atoms with Crippen LogP contribution in [0.5, 0.6) is 11.5 Å². The molecule has 5 nitrogen and oxygen atoms in total. The van der Waals surface area contributed by atoms with Gasteiger partial charge in [0, 0.05) is 12.6 Å². The maximum absolute atomic E-state index is 12.0. The highest BCUT2D eigenvalue weighted by Crippen LogP contribution is 2.26. The van der Waals surface area contributed by atoms with E-state index in [0.29, 0.717) is 36.9 Å². The van der Waals surface area contributed by atoms with Crippen molar-refractivity contribution in [3.63, 3.8) is 0 Å². The molecule has 0 spiro atoms. The monoisotopic (exact) mass is 294 g/mol. The zero-order valence-corrected chi connectivity index (χ0v) is 13.3. The smallest absolute Gasteiger partial charge is 0.260 e. The minimum atomic E-state index is -0.563. The fraction of sp³-hybridized carbons (Fsp3) is 0.562. The van der Waals surface area contributed by atoms with E-state index < -0.39 is 6.10 Å². The molecule has 1 unspecified atom stereocenters. The fourth-order valence-electron chi connectivity index (χ4n) is 1.83. The molecule has 0 heterocycles. The molecule has 21 heavy (non-hydrogen) atoms. The van der Waals surface area contributed by atoms with E-state index in [9.17, 15) is 4.79 Å². The van der Waals surface area contributed by atoms with E-state index in [4.69, 9.17) is 15.2 Å². The third-order valence-corrected chi connectivity index (χ3v) is 3.05. The summed E-state index contributed by atoms with van der Waals surface area (Å²) in [5.41, 5.74) is 6.58. The van der Waals surface area contributed by atoms with E-state index in [1.54, 1.807) is 20.1 Å². The number of ether oxygens (including phenoxy) is 2. The predicted octanol–water partition coefficient (Wildman–Crippen LogP) is 1.74. The topological polar surface area (TPSA) is 73.6 Å². The maximum Gasteiger partial charge on any atom is 0.260 e. The second-order valence-corrected chi connectivity index (χ2v) is 5.41. The van der Waals surface area contributed by atoms with Gasteiger partial charge in [0.2, 0.25) is 0 Å². The van der Waals surface area contributed by atoms with Crippen LogP contribution in [0.3, 0.4) is 0 Å². The highest BCUT2D eigenvalue weighted by atomic mass is 16.5. The van der Waals surface area contributed by atoms with Gasteiger partial charge in [-0.3, -0.25) is 4.79 Å². The van der Waals surface area contributed by atoms with Gasteiger partial charge >= 0.3 is 0 Å². The van der Waals surface area contributed by atoms with Gasteiger partial charge < -0.3 is 20.5 Å². The van der Waals surface area contributed by atoms with E-state index in [0.717, 1.165) is 5.56 Å². The van der Waals surface area contributed by atoms with Crippen molar-refractivity contribution >= 4 is 5.91 Å². The van der Waals surface area contributed by atoms with Crippen molar-refractivity contribution in [2.45, 2.75) is 33.3 Å². The first kappa shape index (κ1) is 17.3. The Morgan fingerprint density at radius 2 is 2.05 bits per heavy atom. The van der Waals surface area contributed by atoms with Crippen molar-refractivity contribution in [1.82, 2.24) is 5.32 Å². The molecule has 0 aromatic heterocycles. The predicted molar refractivity (Wildman–Crippen MR) is 83.7 cm³/mol. The van der Waals surface area contributed by atoms with Crippen LogP contribution < -0.4 is 20.5 Å². The number of methoxy groups -OCH3 is 1. The average molecular weight is 294 g/mol. The second-order valence-electron chi connectivity index (χ2n) is 5.41. The van der Waals surface area contributed by atoms with Crippen LogP contribution in [0.2, 0.25) is 0 Å². The number of hydrogen-bond acceptors (Lipinski definition) is 4. The van der Waals surface area contributed by atoms with E-state index >= 15 is 0 Å². The Kier molecular flexibility index (Phi) is 7.02. The van der Waals surface area contributed by atoms with Gasteiger partial charge in [-0.15, -0.1) is 0 Å². The highest BCUT2D eigenvalue weighted by molar-refractivity contribution is 5.80. The number of nitrogens with one attached hydrogen (secondary N) is 1. The Labute approximate surface area is 126 Å². The molecule has 1 atom stereocenters. The van der Waals surface area contributed by atoms with Gasteiger partial charge in [0.1, 0.15) is 11.5 Å². The van der Waals surface area contributed by atoms with E-state index in [1.165, 1.54) is 0 Å². The van der Waals surface area contributed by atoms with Gasteiger partial charge in [0.15, 0.2) is 6.10 Å². The summed E-state index contributed by atoms with van der Waals surface area (Å²) < 4.78 is 11.0. The third-order valence-electron chi connectivity index (χ3n) is 3.05. The number of rotatable bonds is 8. The van der Waals surface area contributed by atoms with E-state index in [1.807, 2.05) is 26.0 Å². The van der Waals surface area contributed by atoms with Crippen molar-refractivity contribution in [1.29, 1.82) is 0 Å². The molecule has 0 saturated carbocycles. The summed E-state index contributed by atoms with van der Waals surface area (Å²) in [5, 5.41) is 2.86. The first-order valence-electron chi connectivity index (χ1n) is 7.29. The molecule has 0 fully saturated rings. The number of carbonyl (C=O) groups is 1. The molecule has 0 bridgehead atoms. The summed E-state index contributed by atoms with van der Waals surface area (Å²) in [7, 11) is 1.60. The van der Waals surface area contributed by atoms with Crippen molar-refractivity contribution < 1.29 is 14.3 Å². The Hall–Kier alpha value is -1.75. The van der Waals surface area contributed by atoms with Crippen LogP contribution in [0, 0.1) is 5.92 Å². The lowest BCUT2D eigenvalue weighted by Crippen LogP contribution is -2.38. The molecule has 0 saturated heterocycles. The molecule has 0 aliphatic rings. The number of benzene rings is 1.